The molecule has 0 aromatic carbocycles. The zero-order valence-electron chi connectivity index (χ0n) is 13.4. The van der Waals surface area contributed by atoms with E-state index in [9.17, 15) is 0 Å². The summed E-state index contributed by atoms with van der Waals surface area (Å²) in [6, 6.07) is 0. The van der Waals surface area contributed by atoms with Crippen LogP contribution in [0.15, 0.2) is 0 Å². The van der Waals surface area contributed by atoms with Gasteiger partial charge in [-0.3, -0.25) is 0 Å². The van der Waals surface area contributed by atoms with Crippen molar-refractivity contribution in [3.63, 3.8) is 0 Å². The van der Waals surface area contributed by atoms with Gasteiger partial charge in [0.1, 0.15) is 0 Å². The third-order valence-corrected chi connectivity index (χ3v) is 3.04. The monoisotopic (exact) mass is 484 g/mol. The Bertz CT molecular complexity index is 162. The van der Waals surface area contributed by atoms with Crippen LogP contribution in [0.1, 0.15) is 62.3 Å². The molecule has 0 aromatic rings. The third-order valence-electron chi connectivity index (χ3n) is 0.837. The topological polar surface area (TPSA) is 0 Å². The van der Waals surface area contributed by atoms with Gasteiger partial charge >= 0.3 is 89.1 Å². The van der Waals surface area contributed by atoms with Crippen LogP contribution in [0.5, 0.6) is 0 Å². The van der Waals surface area contributed by atoms with E-state index in [4.69, 9.17) is 0 Å². The molecule has 0 bridgehead atoms. The molecule has 0 aromatic heterocycles. The van der Waals surface area contributed by atoms with Gasteiger partial charge in [0.2, 0.25) is 0 Å². The molecule has 0 aliphatic heterocycles. The van der Waals surface area contributed by atoms with Gasteiger partial charge in [0, 0.05) is 0 Å². The summed E-state index contributed by atoms with van der Waals surface area (Å²) in [5.41, 5.74) is 0.593. The van der Waals surface area contributed by atoms with Crippen LogP contribution in [0, 0.1) is 30.6 Å². The van der Waals surface area contributed by atoms with E-state index < -0.39 is 0 Å². The first-order chi connectivity index (χ1) is 6.68. The van der Waals surface area contributed by atoms with Gasteiger partial charge in [0.15, 0.2) is 0 Å². The Morgan fingerprint density at radius 3 is 1.00 bits per heavy atom. The van der Waals surface area contributed by atoms with Crippen LogP contribution in [-0.4, -0.2) is 3.90 Å². The third kappa shape index (κ3) is 73.8. The van der Waals surface area contributed by atoms with Gasteiger partial charge in [-0.05, 0) is 0 Å². The number of rotatable bonds is 0. The second kappa shape index (κ2) is 12.7. The number of hydrogen-bond donors (Lipinski definition) is 0. The van der Waals surface area contributed by atoms with Crippen molar-refractivity contribution in [2.75, 3.05) is 0 Å². The van der Waals surface area contributed by atoms with E-state index in [1.54, 1.807) is 0 Å². The minimum Gasteiger partial charge on any atom is 3.00 e. The molecule has 0 saturated heterocycles. The summed E-state index contributed by atoms with van der Waals surface area (Å²) < 4.78 is 1.33. The molecule has 0 N–H and O–H groups in total. The van der Waals surface area contributed by atoms with Crippen molar-refractivity contribution in [3.8, 4) is 0 Å². The first kappa shape index (κ1) is 27.1. The van der Waals surface area contributed by atoms with E-state index in [0.29, 0.717) is 5.41 Å². The van der Waals surface area contributed by atoms with Gasteiger partial charge in [0.25, 0.3) is 0 Å². The largest absolute Gasteiger partial charge is 3.00 e. The Morgan fingerprint density at radius 2 is 1.00 bits per heavy atom. The average Bonchev–Trinajstić information content (AvgIpc) is 1.77. The minimum absolute atomic E-state index is 0. The van der Waals surface area contributed by atoms with Crippen LogP contribution >= 0.6 is 0 Å². The van der Waals surface area contributed by atoms with Gasteiger partial charge in [-0.25, -0.2) is 0 Å². The molecular weight excluding hydrogens is 453 g/mol. The summed E-state index contributed by atoms with van der Waals surface area (Å²) in [5, 5.41) is 0. The molecule has 17 heavy (non-hydrogen) atoms. The summed E-state index contributed by atoms with van der Waals surface area (Å²) in [6.45, 7) is 26.7. The molecular formula is C15H31WY. The summed E-state index contributed by atoms with van der Waals surface area (Å²) in [6.07, 6.45) is 0. The molecule has 0 amide bonds. The van der Waals surface area contributed by atoms with Crippen LogP contribution in [0.4, 0.5) is 0 Å². The molecule has 0 saturated carbocycles. The normalized spacial score (nSPS) is 10.4. The second-order valence-corrected chi connectivity index (χ2v) is 8.50. The van der Waals surface area contributed by atoms with Gasteiger partial charge in [-0.1, -0.05) is 20.8 Å². The van der Waals surface area contributed by atoms with E-state index >= 15 is 0 Å². The average molecular weight is 484 g/mol. The zero-order valence-corrected chi connectivity index (χ0v) is 19.2. The predicted octanol–water partition coefficient (Wildman–Crippen LogP) is 5.07. The van der Waals surface area contributed by atoms with E-state index in [2.05, 4.69) is 76.2 Å². The maximum atomic E-state index is 3.86. The van der Waals surface area contributed by atoms with Gasteiger partial charge in [-0.15, -0.1) is 0 Å². The maximum Gasteiger partial charge on any atom is 3.00 e. The van der Waals surface area contributed by atoms with Crippen LogP contribution in [-0.2, 0) is 52.1 Å². The van der Waals surface area contributed by atoms with Crippen LogP contribution in [0.3, 0.4) is 0 Å². The first-order valence-corrected chi connectivity index (χ1v) is 7.13. The van der Waals surface area contributed by atoms with Crippen molar-refractivity contribution < 1.29 is 52.1 Å². The Labute approximate surface area is 147 Å². The van der Waals surface area contributed by atoms with Crippen molar-refractivity contribution in [1.29, 1.82) is 0 Å². The summed E-state index contributed by atoms with van der Waals surface area (Å²) in [5.74, 6) is 1.42. The SMILES string of the molecule is C[C-](C)C.[CH2-]C(C)(C)C.[CH2-][C](=[W])C(C)(C)C.[Y+3]. The minimum atomic E-state index is 0. The quantitative estimate of drug-likeness (QED) is 0.422. The fourth-order valence-corrected chi connectivity index (χ4v) is 0. The molecule has 0 heterocycles. The Hall–Kier alpha value is 1.66. The van der Waals surface area contributed by atoms with Crippen LogP contribution < -0.4 is 0 Å². The van der Waals surface area contributed by atoms with Crippen molar-refractivity contribution >= 4 is 3.90 Å². The second-order valence-electron chi connectivity index (χ2n) is 6.73. The Balaban J connectivity index is -0.0000000757. The summed E-state index contributed by atoms with van der Waals surface area (Å²) in [7, 11) is 0. The predicted molar refractivity (Wildman–Crippen MR) is 74.9 cm³/mol. The molecule has 0 nitrogen and oxygen atoms in total. The first-order valence-electron chi connectivity index (χ1n) is 5.66. The molecule has 0 fully saturated rings. The molecule has 0 aliphatic rings. The Morgan fingerprint density at radius 1 is 0.941 bits per heavy atom. The van der Waals surface area contributed by atoms with Crippen LogP contribution in [0.25, 0.3) is 0 Å². The van der Waals surface area contributed by atoms with Crippen molar-refractivity contribution in [2.45, 2.75) is 62.3 Å². The molecule has 2 heteroatoms. The van der Waals surface area contributed by atoms with Crippen molar-refractivity contribution in [1.82, 2.24) is 0 Å². The molecule has 0 rings (SSSR count). The van der Waals surface area contributed by atoms with Crippen LogP contribution in [0.2, 0.25) is 0 Å². The Kier molecular flexibility index (Phi) is 20.2. The molecule has 100 valence electrons. The van der Waals surface area contributed by atoms with Crippen molar-refractivity contribution in [2.24, 2.45) is 10.8 Å². The molecule has 0 atom stereocenters. The van der Waals surface area contributed by atoms with E-state index in [0.717, 1.165) is 0 Å². The fourth-order valence-electron chi connectivity index (χ4n) is 0. The molecule has 0 spiro atoms. The fraction of sp³-hybridized carbons (Fsp3) is 0.733. The summed E-state index contributed by atoms with van der Waals surface area (Å²) >= 11 is 1.50. The molecule has 0 radical (unpaired) electrons. The van der Waals surface area contributed by atoms with Gasteiger partial charge < -0.3 is 12.8 Å². The van der Waals surface area contributed by atoms with Gasteiger partial charge in [-0.2, -0.15) is 26.2 Å². The van der Waals surface area contributed by atoms with Gasteiger partial charge in [0.05, 0.1) is 0 Å². The summed E-state index contributed by atoms with van der Waals surface area (Å²) in [4.78, 5) is 0. The maximum absolute atomic E-state index is 3.86. The van der Waals surface area contributed by atoms with E-state index in [1.165, 1.54) is 29.2 Å². The van der Waals surface area contributed by atoms with E-state index in [-0.39, 0.29) is 38.1 Å². The molecule has 0 aliphatic carbocycles. The smallest absolute Gasteiger partial charge is 3.00 e. The van der Waals surface area contributed by atoms with Crippen molar-refractivity contribution in [3.05, 3.63) is 19.8 Å². The zero-order chi connectivity index (χ0) is 14.2. The standard InChI is InChI=1S/C6H11.C5H11.C4H9.W.Y/c1-5-6(2,3)4;1-5(2,3)4;1-4(2)3;;/h1H2,2-4H3;1H2,2-4H3;1-3H3;;/q3*-1;;+3. The number of hydrogen-bond acceptors (Lipinski definition) is 0. The molecule has 0 unspecified atom stereocenters. The van der Waals surface area contributed by atoms with E-state index in [1.807, 2.05) is 0 Å².